The Labute approximate surface area is 110 Å². The maximum atomic E-state index is 12.2. The van der Waals surface area contributed by atoms with Crippen molar-refractivity contribution in [3.8, 4) is 17.5 Å². The highest BCUT2D eigenvalue weighted by atomic mass is 16.5. The minimum atomic E-state index is -0.407. The minimum Gasteiger partial charge on any atom is -0.497 e. The van der Waals surface area contributed by atoms with E-state index in [2.05, 4.69) is 5.10 Å². The molecule has 1 aromatic carbocycles. The number of benzene rings is 1. The van der Waals surface area contributed by atoms with Crippen molar-refractivity contribution in [3.05, 3.63) is 51.4 Å². The Morgan fingerprint density at radius 1 is 1.26 bits per heavy atom. The summed E-state index contributed by atoms with van der Waals surface area (Å²) in [4.78, 5) is 12.2. The number of hydrogen-bond donors (Lipinski definition) is 0. The van der Waals surface area contributed by atoms with E-state index < -0.39 is 5.56 Å². The first-order chi connectivity index (χ1) is 9.08. The monoisotopic (exact) mass is 255 g/mol. The molecule has 0 amide bonds. The molecule has 1 heterocycles. The van der Waals surface area contributed by atoms with Crippen molar-refractivity contribution in [2.75, 3.05) is 7.11 Å². The Morgan fingerprint density at radius 2 is 1.89 bits per heavy atom. The zero-order valence-electron chi connectivity index (χ0n) is 11.0. The molecular formula is C14H13N3O2. The quantitative estimate of drug-likeness (QED) is 0.819. The van der Waals surface area contributed by atoms with Gasteiger partial charge in [0.15, 0.2) is 0 Å². The lowest BCUT2D eigenvalue weighted by Crippen LogP contribution is -2.26. The van der Waals surface area contributed by atoms with Crippen molar-refractivity contribution in [3.63, 3.8) is 0 Å². The maximum absolute atomic E-state index is 12.2. The fourth-order valence-corrected chi connectivity index (χ4v) is 1.75. The van der Waals surface area contributed by atoms with Gasteiger partial charge in [-0.05, 0) is 43.7 Å². The molecule has 96 valence electrons. The highest BCUT2D eigenvalue weighted by Crippen LogP contribution is 2.14. The fraction of sp³-hybridized carbons (Fsp3) is 0.214. The summed E-state index contributed by atoms with van der Waals surface area (Å²) in [6.07, 6.45) is 0. The number of ether oxygens (including phenoxy) is 1. The molecule has 0 radical (unpaired) electrons. The van der Waals surface area contributed by atoms with Crippen molar-refractivity contribution in [1.29, 1.82) is 5.26 Å². The van der Waals surface area contributed by atoms with E-state index in [1.165, 1.54) is 4.68 Å². The lowest BCUT2D eigenvalue weighted by atomic mass is 10.1. The third kappa shape index (κ3) is 2.20. The number of rotatable bonds is 2. The molecule has 0 bridgehead atoms. The lowest BCUT2D eigenvalue weighted by Gasteiger charge is -2.09. The van der Waals surface area contributed by atoms with E-state index in [-0.39, 0.29) is 5.56 Å². The summed E-state index contributed by atoms with van der Waals surface area (Å²) in [6.45, 7) is 3.50. The van der Waals surface area contributed by atoms with Crippen molar-refractivity contribution >= 4 is 0 Å². The van der Waals surface area contributed by atoms with Gasteiger partial charge in [0.1, 0.15) is 17.4 Å². The van der Waals surface area contributed by atoms with Crippen LogP contribution in [0, 0.1) is 25.2 Å². The molecule has 0 atom stereocenters. The van der Waals surface area contributed by atoms with Gasteiger partial charge in [0, 0.05) is 0 Å². The van der Waals surface area contributed by atoms with E-state index in [1.807, 2.05) is 6.07 Å². The van der Waals surface area contributed by atoms with Gasteiger partial charge in [0.05, 0.1) is 18.5 Å². The molecule has 0 saturated heterocycles. The van der Waals surface area contributed by atoms with Gasteiger partial charge in [-0.3, -0.25) is 4.79 Å². The Morgan fingerprint density at radius 3 is 2.42 bits per heavy atom. The van der Waals surface area contributed by atoms with Gasteiger partial charge in [0.25, 0.3) is 5.56 Å². The molecular weight excluding hydrogens is 242 g/mol. The Kier molecular flexibility index (Phi) is 3.34. The summed E-state index contributed by atoms with van der Waals surface area (Å²) in [6, 6.07) is 8.87. The smallest absolute Gasteiger partial charge is 0.289 e. The summed E-state index contributed by atoms with van der Waals surface area (Å²) in [7, 11) is 1.57. The first-order valence-electron chi connectivity index (χ1n) is 5.73. The molecule has 2 aromatic rings. The van der Waals surface area contributed by atoms with Gasteiger partial charge in [-0.25, -0.2) is 0 Å². The zero-order chi connectivity index (χ0) is 14.0. The summed E-state index contributed by atoms with van der Waals surface area (Å²) < 4.78 is 6.30. The van der Waals surface area contributed by atoms with Crippen LogP contribution in [0.15, 0.2) is 29.1 Å². The normalized spacial score (nSPS) is 10.0. The Balaban J connectivity index is 2.66. The van der Waals surface area contributed by atoms with Crippen LogP contribution in [0.4, 0.5) is 0 Å². The molecule has 5 heteroatoms. The van der Waals surface area contributed by atoms with E-state index in [4.69, 9.17) is 10.00 Å². The van der Waals surface area contributed by atoms with E-state index >= 15 is 0 Å². The highest BCUT2D eigenvalue weighted by molar-refractivity contribution is 5.41. The van der Waals surface area contributed by atoms with E-state index in [0.29, 0.717) is 22.7 Å². The molecule has 0 aliphatic heterocycles. The molecule has 0 saturated carbocycles. The lowest BCUT2D eigenvalue weighted by molar-refractivity contribution is 0.414. The first-order valence-corrected chi connectivity index (χ1v) is 5.73. The SMILES string of the molecule is COc1ccc(-n2nc(C)c(C)c(C#N)c2=O)cc1. The van der Waals surface area contributed by atoms with Crippen LogP contribution in [0.5, 0.6) is 5.75 Å². The fourth-order valence-electron chi connectivity index (χ4n) is 1.75. The molecule has 0 aliphatic rings. The number of nitriles is 1. The number of aromatic nitrogens is 2. The second-order valence-corrected chi connectivity index (χ2v) is 4.11. The molecule has 0 aliphatic carbocycles. The summed E-state index contributed by atoms with van der Waals surface area (Å²) in [5.41, 5.74) is 1.61. The van der Waals surface area contributed by atoms with Crippen LogP contribution in [0.2, 0.25) is 0 Å². The van der Waals surface area contributed by atoms with Crippen molar-refractivity contribution in [2.45, 2.75) is 13.8 Å². The number of hydrogen-bond acceptors (Lipinski definition) is 4. The van der Waals surface area contributed by atoms with E-state index in [9.17, 15) is 4.79 Å². The molecule has 5 nitrogen and oxygen atoms in total. The predicted molar refractivity (Wildman–Crippen MR) is 70.6 cm³/mol. The van der Waals surface area contributed by atoms with Crippen LogP contribution in [-0.2, 0) is 0 Å². The molecule has 0 N–H and O–H groups in total. The number of nitrogens with zero attached hydrogens (tertiary/aromatic N) is 3. The topological polar surface area (TPSA) is 67.9 Å². The van der Waals surface area contributed by atoms with Gasteiger partial charge in [-0.15, -0.1) is 0 Å². The van der Waals surface area contributed by atoms with Crippen LogP contribution in [0.25, 0.3) is 5.69 Å². The molecule has 0 spiro atoms. The number of methoxy groups -OCH3 is 1. The van der Waals surface area contributed by atoms with Crippen molar-refractivity contribution < 1.29 is 4.74 Å². The second kappa shape index (κ2) is 4.94. The van der Waals surface area contributed by atoms with Gasteiger partial charge in [-0.2, -0.15) is 15.0 Å². The van der Waals surface area contributed by atoms with Crippen molar-refractivity contribution in [2.24, 2.45) is 0 Å². The van der Waals surface area contributed by atoms with Gasteiger partial charge >= 0.3 is 0 Å². The molecule has 0 unspecified atom stereocenters. The predicted octanol–water partition coefficient (Wildman–Crippen LogP) is 1.73. The van der Waals surface area contributed by atoms with Crippen LogP contribution in [0.3, 0.4) is 0 Å². The first kappa shape index (κ1) is 12.8. The van der Waals surface area contributed by atoms with Gasteiger partial charge < -0.3 is 4.74 Å². The third-order valence-corrected chi connectivity index (χ3v) is 3.00. The summed E-state index contributed by atoms with van der Waals surface area (Å²) >= 11 is 0. The average molecular weight is 255 g/mol. The van der Waals surface area contributed by atoms with E-state index in [0.717, 1.165) is 0 Å². The average Bonchev–Trinajstić information content (AvgIpc) is 2.44. The Hall–Kier alpha value is -2.61. The van der Waals surface area contributed by atoms with Gasteiger partial charge in [-0.1, -0.05) is 0 Å². The molecule has 1 aromatic heterocycles. The molecule has 19 heavy (non-hydrogen) atoms. The summed E-state index contributed by atoms with van der Waals surface area (Å²) in [5, 5.41) is 13.3. The maximum Gasteiger partial charge on any atom is 0.289 e. The summed E-state index contributed by atoms with van der Waals surface area (Å²) in [5.74, 6) is 0.695. The molecule has 2 rings (SSSR count). The molecule has 0 fully saturated rings. The standard InChI is InChI=1S/C14H13N3O2/c1-9-10(2)16-17(14(18)13(9)8-15)11-4-6-12(19-3)7-5-11/h4-7H,1-3H3. The largest absolute Gasteiger partial charge is 0.497 e. The number of aryl methyl sites for hydroxylation is 1. The third-order valence-electron chi connectivity index (χ3n) is 3.00. The minimum absolute atomic E-state index is 0.128. The van der Waals surface area contributed by atoms with Crippen LogP contribution in [0.1, 0.15) is 16.8 Å². The second-order valence-electron chi connectivity index (χ2n) is 4.11. The Bertz CT molecular complexity index is 709. The highest BCUT2D eigenvalue weighted by Gasteiger charge is 2.12. The van der Waals surface area contributed by atoms with Crippen LogP contribution >= 0.6 is 0 Å². The zero-order valence-corrected chi connectivity index (χ0v) is 11.0. The van der Waals surface area contributed by atoms with E-state index in [1.54, 1.807) is 45.2 Å². The van der Waals surface area contributed by atoms with Crippen LogP contribution in [-0.4, -0.2) is 16.9 Å². The van der Waals surface area contributed by atoms with Gasteiger partial charge in [0.2, 0.25) is 0 Å². The van der Waals surface area contributed by atoms with Crippen molar-refractivity contribution in [1.82, 2.24) is 9.78 Å². The van der Waals surface area contributed by atoms with Crippen LogP contribution < -0.4 is 10.3 Å².